The van der Waals surface area contributed by atoms with Crippen LogP contribution in [0.5, 0.6) is 0 Å². The Labute approximate surface area is 119 Å². The summed E-state index contributed by atoms with van der Waals surface area (Å²) in [5.41, 5.74) is 0.928. The minimum absolute atomic E-state index is 0.690. The normalized spacial score (nSPS) is 15.0. The molecular formula is C14H13BrClNO. The average molecular weight is 327 g/mol. The molecule has 1 N–H and O–H groups in total. The fourth-order valence-electron chi connectivity index (χ4n) is 1.84. The molecule has 0 radical (unpaired) electrons. The topological polar surface area (TPSA) is 25.2 Å². The van der Waals surface area contributed by atoms with Crippen LogP contribution >= 0.6 is 27.5 Å². The molecule has 1 fully saturated rings. The first-order valence-corrected chi connectivity index (χ1v) is 7.17. The summed E-state index contributed by atoms with van der Waals surface area (Å²) in [6.07, 6.45) is 2.57. The Kier molecular flexibility index (Phi) is 3.46. The van der Waals surface area contributed by atoms with Gasteiger partial charge >= 0.3 is 0 Å². The Hall–Kier alpha value is -0.770. The Morgan fingerprint density at radius 3 is 2.83 bits per heavy atom. The largest absolute Gasteiger partial charge is 0.460 e. The van der Waals surface area contributed by atoms with Gasteiger partial charge in [-0.25, -0.2) is 0 Å². The van der Waals surface area contributed by atoms with Crippen molar-refractivity contribution in [3.05, 3.63) is 45.6 Å². The smallest absolute Gasteiger partial charge is 0.135 e. The van der Waals surface area contributed by atoms with Crippen molar-refractivity contribution < 1.29 is 4.42 Å². The van der Waals surface area contributed by atoms with Crippen LogP contribution in [-0.2, 0) is 6.54 Å². The van der Waals surface area contributed by atoms with Crippen molar-refractivity contribution >= 4 is 27.5 Å². The number of halogens is 2. The van der Waals surface area contributed by atoms with Gasteiger partial charge in [-0.1, -0.05) is 27.5 Å². The maximum Gasteiger partial charge on any atom is 0.135 e. The van der Waals surface area contributed by atoms with Gasteiger partial charge in [-0.2, -0.15) is 0 Å². The molecule has 1 aromatic heterocycles. The molecule has 0 amide bonds. The third kappa shape index (κ3) is 2.79. The van der Waals surface area contributed by atoms with E-state index < -0.39 is 0 Å². The summed E-state index contributed by atoms with van der Waals surface area (Å²) in [5.74, 6) is 1.77. The van der Waals surface area contributed by atoms with E-state index in [2.05, 4.69) is 21.2 Å². The van der Waals surface area contributed by atoms with Crippen molar-refractivity contribution in [3.8, 4) is 11.3 Å². The molecule has 1 heterocycles. The predicted octanol–water partition coefficient (Wildman–Crippen LogP) is 4.61. The Morgan fingerprint density at radius 2 is 2.11 bits per heavy atom. The highest BCUT2D eigenvalue weighted by molar-refractivity contribution is 9.10. The monoisotopic (exact) mass is 325 g/mol. The zero-order valence-electron chi connectivity index (χ0n) is 9.75. The molecule has 1 aliphatic rings. The SMILES string of the molecule is Clc1cc(Br)ccc1-c1ccc(CNC2CC2)o1. The highest BCUT2D eigenvalue weighted by Crippen LogP contribution is 2.31. The molecule has 0 bridgehead atoms. The molecule has 1 aromatic carbocycles. The van der Waals surface area contributed by atoms with E-state index in [0.29, 0.717) is 11.1 Å². The molecule has 0 spiro atoms. The molecule has 0 saturated heterocycles. The van der Waals surface area contributed by atoms with Gasteiger partial charge in [-0.3, -0.25) is 0 Å². The second-order valence-electron chi connectivity index (χ2n) is 4.55. The van der Waals surface area contributed by atoms with Crippen molar-refractivity contribution in [2.24, 2.45) is 0 Å². The zero-order chi connectivity index (χ0) is 12.5. The van der Waals surface area contributed by atoms with Gasteiger partial charge in [0.05, 0.1) is 11.6 Å². The first-order valence-electron chi connectivity index (χ1n) is 6.00. The number of hydrogen-bond donors (Lipinski definition) is 1. The van der Waals surface area contributed by atoms with Gasteiger partial charge in [-0.15, -0.1) is 0 Å². The van der Waals surface area contributed by atoms with Crippen molar-refractivity contribution in [3.63, 3.8) is 0 Å². The maximum atomic E-state index is 6.21. The van der Waals surface area contributed by atoms with Crippen LogP contribution in [0.2, 0.25) is 5.02 Å². The van der Waals surface area contributed by atoms with Crippen LogP contribution < -0.4 is 5.32 Å². The molecule has 0 atom stereocenters. The number of nitrogens with one attached hydrogen (secondary N) is 1. The maximum absolute atomic E-state index is 6.21. The van der Waals surface area contributed by atoms with Gasteiger partial charge in [0.25, 0.3) is 0 Å². The molecule has 1 aliphatic carbocycles. The summed E-state index contributed by atoms with van der Waals surface area (Å²) < 4.78 is 6.78. The van der Waals surface area contributed by atoms with Crippen LogP contribution in [0, 0.1) is 0 Å². The summed E-state index contributed by atoms with van der Waals surface area (Å²) in [4.78, 5) is 0. The van der Waals surface area contributed by atoms with Gasteiger partial charge in [0.1, 0.15) is 11.5 Å². The van der Waals surface area contributed by atoms with Crippen LogP contribution in [0.15, 0.2) is 39.2 Å². The lowest BCUT2D eigenvalue weighted by Gasteiger charge is -2.02. The van der Waals surface area contributed by atoms with E-state index in [4.69, 9.17) is 16.0 Å². The summed E-state index contributed by atoms with van der Waals surface area (Å²) in [7, 11) is 0. The molecule has 1 saturated carbocycles. The minimum Gasteiger partial charge on any atom is -0.460 e. The van der Waals surface area contributed by atoms with Crippen LogP contribution in [0.25, 0.3) is 11.3 Å². The van der Waals surface area contributed by atoms with Crippen molar-refractivity contribution in [2.75, 3.05) is 0 Å². The number of benzene rings is 1. The molecule has 2 aromatic rings. The summed E-state index contributed by atoms with van der Waals surface area (Å²) >= 11 is 9.60. The highest BCUT2D eigenvalue weighted by atomic mass is 79.9. The standard InChI is InChI=1S/C14H13BrClNO/c15-9-1-5-12(13(16)7-9)14-6-4-11(18-14)8-17-10-2-3-10/h1,4-7,10,17H,2-3,8H2. The van der Waals surface area contributed by atoms with E-state index in [9.17, 15) is 0 Å². The molecular weight excluding hydrogens is 314 g/mol. The Balaban J connectivity index is 1.78. The van der Waals surface area contributed by atoms with Gasteiger partial charge in [0.2, 0.25) is 0 Å². The number of furan rings is 1. The predicted molar refractivity (Wildman–Crippen MR) is 76.7 cm³/mol. The second kappa shape index (κ2) is 5.08. The van der Waals surface area contributed by atoms with Crippen LogP contribution in [0.1, 0.15) is 18.6 Å². The third-order valence-electron chi connectivity index (χ3n) is 3.00. The highest BCUT2D eigenvalue weighted by Gasteiger charge is 2.20. The van der Waals surface area contributed by atoms with Crippen LogP contribution in [0.4, 0.5) is 0 Å². The summed E-state index contributed by atoms with van der Waals surface area (Å²) in [6.45, 7) is 0.790. The van der Waals surface area contributed by atoms with Crippen molar-refractivity contribution in [1.82, 2.24) is 5.32 Å². The van der Waals surface area contributed by atoms with E-state index in [1.807, 2.05) is 30.3 Å². The molecule has 0 aliphatic heterocycles. The van der Waals surface area contributed by atoms with E-state index in [-0.39, 0.29) is 0 Å². The van der Waals surface area contributed by atoms with Crippen LogP contribution in [0.3, 0.4) is 0 Å². The van der Waals surface area contributed by atoms with Gasteiger partial charge < -0.3 is 9.73 Å². The van der Waals surface area contributed by atoms with Gasteiger partial charge in [-0.05, 0) is 43.2 Å². The molecule has 4 heteroatoms. The third-order valence-corrected chi connectivity index (χ3v) is 3.81. The first-order chi connectivity index (χ1) is 8.72. The number of rotatable bonds is 4. The fraction of sp³-hybridized carbons (Fsp3) is 0.286. The van der Waals surface area contributed by atoms with Crippen LogP contribution in [-0.4, -0.2) is 6.04 Å². The summed E-state index contributed by atoms with van der Waals surface area (Å²) in [5, 5.41) is 4.12. The minimum atomic E-state index is 0.690. The lowest BCUT2D eigenvalue weighted by Crippen LogP contribution is -2.14. The quantitative estimate of drug-likeness (QED) is 0.887. The van der Waals surface area contributed by atoms with E-state index in [1.165, 1.54) is 12.8 Å². The van der Waals surface area contributed by atoms with Gasteiger partial charge in [0.15, 0.2) is 0 Å². The first kappa shape index (κ1) is 12.3. The molecule has 2 nitrogen and oxygen atoms in total. The molecule has 18 heavy (non-hydrogen) atoms. The Bertz CT molecular complexity index is 563. The lowest BCUT2D eigenvalue weighted by molar-refractivity contribution is 0.492. The molecule has 94 valence electrons. The molecule has 3 rings (SSSR count). The van der Waals surface area contributed by atoms with E-state index >= 15 is 0 Å². The fourth-order valence-corrected chi connectivity index (χ4v) is 2.61. The molecule has 0 unspecified atom stereocenters. The van der Waals surface area contributed by atoms with Crippen molar-refractivity contribution in [1.29, 1.82) is 0 Å². The summed E-state index contributed by atoms with van der Waals surface area (Å²) in [6, 6.07) is 10.5. The van der Waals surface area contributed by atoms with Gasteiger partial charge in [0, 0.05) is 16.1 Å². The second-order valence-corrected chi connectivity index (χ2v) is 5.87. The zero-order valence-corrected chi connectivity index (χ0v) is 12.1. The Morgan fingerprint density at radius 1 is 1.28 bits per heavy atom. The average Bonchev–Trinajstić information content (AvgIpc) is 3.05. The van der Waals surface area contributed by atoms with E-state index in [1.54, 1.807) is 0 Å². The number of hydrogen-bond acceptors (Lipinski definition) is 2. The van der Waals surface area contributed by atoms with E-state index in [0.717, 1.165) is 28.1 Å². The van der Waals surface area contributed by atoms with Crippen molar-refractivity contribution in [2.45, 2.75) is 25.4 Å². The lowest BCUT2D eigenvalue weighted by atomic mass is 10.2.